The zero-order valence-corrected chi connectivity index (χ0v) is 9.07. The Morgan fingerprint density at radius 1 is 1.35 bits per heavy atom. The second-order valence-electron chi connectivity index (χ2n) is 3.57. The van der Waals surface area contributed by atoms with E-state index in [0.29, 0.717) is 13.0 Å². The molecule has 1 aromatic rings. The number of aliphatic hydroxyl groups excluding tert-OH is 1. The molecule has 0 aliphatic rings. The minimum absolute atomic E-state index is 0.0709. The molecule has 3 N–H and O–H groups in total. The molecule has 0 aliphatic heterocycles. The van der Waals surface area contributed by atoms with Gasteiger partial charge in [-0.1, -0.05) is 6.07 Å². The first-order chi connectivity index (χ1) is 7.93. The maximum Gasteiger partial charge on any atom is 0.416 e. The van der Waals surface area contributed by atoms with E-state index in [1.54, 1.807) is 0 Å². The molecule has 0 aliphatic carbocycles. The average Bonchev–Trinajstić information content (AvgIpc) is 2.26. The smallest absolute Gasteiger partial charge is 0.416 e. The van der Waals surface area contributed by atoms with E-state index in [1.165, 1.54) is 12.1 Å². The highest BCUT2D eigenvalue weighted by Gasteiger charge is 2.30. The molecule has 6 heteroatoms. The van der Waals surface area contributed by atoms with Gasteiger partial charge in [-0.3, -0.25) is 0 Å². The number of ether oxygens (including phenoxy) is 1. The summed E-state index contributed by atoms with van der Waals surface area (Å²) in [6.07, 6.45) is -4.82. The molecule has 0 amide bonds. The molecular weight excluding hydrogens is 235 g/mol. The van der Waals surface area contributed by atoms with Crippen molar-refractivity contribution in [2.45, 2.75) is 18.7 Å². The molecule has 0 fully saturated rings. The summed E-state index contributed by atoms with van der Waals surface area (Å²) in [7, 11) is 0. The molecule has 3 nitrogen and oxygen atoms in total. The predicted molar refractivity (Wildman–Crippen MR) is 56.6 cm³/mol. The lowest BCUT2D eigenvalue weighted by Crippen LogP contribution is -2.21. The van der Waals surface area contributed by atoms with Crippen LogP contribution in [0.3, 0.4) is 0 Å². The minimum Gasteiger partial charge on any atom is -0.491 e. The number of aliphatic hydroxyl groups is 1. The van der Waals surface area contributed by atoms with Gasteiger partial charge in [0.25, 0.3) is 0 Å². The van der Waals surface area contributed by atoms with Gasteiger partial charge in [0.15, 0.2) is 0 Å². The molecule has 0 saturated heterocycles. The van der Waals surface area contributed by atoms with E-state index >= 15 is 0 Å². The van der Waals surface area contributed by atoms with Crippen LogP contribution in [-0.2, 0) is 6.18 Å². The van der Waals surface area contributed by atoms with Crippen molar-refractivity contribution in [1.82, 2.24) is 0 Å². The van der Waals surface area contributed by atoms with Crippen LogP contribution in [0.4, 0.5) is 13.2 Å². The number of nitrogens with two attached hydrogens (primary N) is 1. The van der Waals surface area contributed by atoms with Crippen LogP contribution in [0.1, 0.15) is 12.0 Å². The minimum atomic E-state index is -4.39. The van der Waals surface area contributed by atoms with Crippen LogP contribution < -0.4 is 10.5 Å². The first-order valence-corrected chi connectivity index (χ1v) is 5.11. The lowest BCUT2D eigenvalue weighted by atomic mass is 10.2. The first kappa shape index (κ1) is 13.8. The van der Waals surface area contributed by atoms with E-state index in [2.05, 4.69) is 0 Å². The van der Waals surface area contributed by atoms with Crippen molar-refractivity contribution in [1.29, 1.82) is 0 Å². The highest BCUT2D eigenvalue weighted by Crippen LogP contribution is 2.31. The van der Waals surface area contributed by atoms with Gasteiger partial charge < -0.3 is 15.6 Å². The monoisotopic (exact) mass is 249 g/mol. The third-order valence-corrected chi connectivity index (χ3v) is 2.10. The van der Waals surface area contributed by atoms with Gasteiger partial charge in [0.2, 0.25) is 0 Å². The quantitative estimate of drug-likeness (QED) is 0.836. The highest BCUT2D eigenvalue weighted by molar-refractivity contribution is 5.30. The molecule has 1 aromatic carbocycles. The zero-order valence-electron chi connectivity index (χ0n) is 9.07. The SMILES string of the molecule is NCCC(O)COc1cccc(C(F)(F)F)c1. The summed E-state index contributed by atoms with van der Waals surface area (Å²) in [6, 6.07) is 4.52. The number of alkyl halides is 3. The fourth-order valence-electron chi connectivity index (χ4n) is 1.23. The van der Waals surface area contributed by atoms with Crippen LogP contribution in [0.2, 0.25) is 0 Å². The standard InChI is InChI=1S/C11H14F3NO2/c12-11(13,14)8-2-1-3-10(6-8)17-7-9(16)4-5-15/h1-3,6,9,16H,4-5,7,15H2. The van der Waals surface area contributed by atoms with Gasteiger partial charge in [-0.05, 0) is 31.2 Å². The lowest BCUT2D eigenvalue weighted by Gasteiger charge is -2.13. The van der Waals surface area contributed by atoms with Crippen LogP contribution in [0.15, 0.2) is 24.3 Å². The molecular formula is C11H14F3NO2. The number of benzene rings is 1. The van der Waals surface area contributed by atoms with Gasteiger partial charge in [-0.25, -0.2) is 0 Å². The van der Waals surface area contributed by atoms with E-state index in [4.69, 9.17) is 10.5 Å². The predicted octanol–water partition coefficient (Wildman–Crippen LogP) is 1.79. The highest BCUT2D eigenvalue weighted by atomic mass is 19.4. The molecule has 1 rings (SSSR count). The Bertz CT molecular complexity index is 355. The molecule has 0 saturated carbocycles. The van der Waals surface area contributed by atoms with Crippen molar-refractivity contribution < 1.29 is 23.0 Å². The van der Waals surface area contributed by atoms with Gasteiger partial charge in [-0.15, -0.1) is 0 Å². The van der Waals surface area contributed by atoms with Gasteiger partial charge >= 0.3 is 6.18 Å². The summed E-state index contributed by atoms with van der Waals surface area (Å²) in [5, 5.41) is 9.31. The maximum atomic E-state index is 12.4. The van der Waals surface area contributed by atoms with Gasteiger partial charge in [0.1, 0.15) is 12.4 Å². The molecule has 0 radical (unpaired) electrons. The molecule has 0 spiro atoms. The molecule has 0 aromatic heterocycles. The summed E-state index contributed by atoms with van der Waals surface area (Å²) in [4.78, 5) is 0. The summed E-state index contributed by atoms with van der Waals surface area (Å²) in [5.74, 6) is 0.0795. The lowest BCUT2D eigenvalue weighted by molar-refractivity contribution is -0.137. The second-order valence-corrected chi connectivity index (χ2v) is 3.57. The molecule has 0 bridgehead atoms. The fourth-order valence-corrected chi connectivity index (χ4v) is 1.23. The van der Waals surface area contributed by atoms with E-state index in [0.717, 1.165) is 12.1 Å². The van der Waals surface area contributed by atoms with Gasteiger partial charge in [0.05, 0.1) is 11.7 Å². The topological polar surface area (TPSA) is 55.5 Å². The Balaban J connectivity index is 2.60. The Morgan fingerprint density at radius 2 is 2.06 bits per heavy atom. The van der Waals surface area contributed by atoms with Gasteiger partial charge in [0, 0.05) is 0 Å². The number of hydrogen-bond acceptors (Lipinski definition) is 3. The normalized spacial score (nSPS) is 13.5. The zero-order chi connectivity index (χ0) is 12.9. The second kappa shape index (κ2) is 5.88. The Morgan fingerprint density at radius 3 is 2.65 bits per heavy atom. The fraction of sp³-hybridized carbons (Fsp3) is 0.455. The van der Waals surface area contributed by atoms with E-state index in [1.807, 2.05) is 0 Å². The molecule has 1 unspecified atom stereocenters. The van der Waals surface area contributed by atoms with E-state index in [-0.39, 0.29) is 12.4 Å². The summed E-state index contributed by atoms with van der Waals surface area (Å²) < 4.78 is 42.1. The Hall–Kier alpha value is -1.27. The number of halogens is 3. The Labute approximate surface area is 97.0 Å². The van der Waals surface area contributed by atoms with Crippen molar-refractivity contribution in [3.05, 3.63) is 29.8 Å². The van der Waals surface area contributed by atoms with E-state index < -0.39 is 17.8 Å². The van der Waals surface area contributed by atoms with Gasteiger partial charge in [-0.2, -0.15) is 13.2 Å². The number of hydrogen-bond donors (Lipinski definition) is 2. The van der Waals surface area contributed by atoms with Crippen molar-refractivity contribution >= 4 is 0 Å². The molecule has 0 heterocycles. The van der Waals surface area contributed by atoms with Crippen molar-refractivity contribution in [2.24, 2.45) is 5.73 Å². The third-order valence-electron chi connectivity index (χ3n) is 2.10. The molecule has 96 valence electrons. The van der Waals surface area contributed by atoms with Crippen LogP contribution >= 0.6 is 0 Å². The summed E-state index contributed by atoms with van der Waals surface area (Å²) >= 11 is 0. The van der Waals surface area contributed by atoms with Crippen LogP contribution in [-0.4, -0.2) is 24.4 Å². The Kier molecular flexibility index (Phi) is 4.77. The third kappa shape index (κ3) is 4.62. The number of rotatable bonds is 5. The van der Waals surface area contributed by atoms with Crippen molar-refractivity contribution in [2.75, 3.05) is 13.2 Å². The van der Waals surface area contributed by atoms with Crippen LogP contribution in [0.25, 0.3) is 0 Å². The van der Waals surface area contributed by atoms with E-state index in [9.17, 15) is 18.3 Å². The largest absolute Gasteiger partial charge is 0.491 e. The summed E-state index contributed by atoms with van der Waals surface area (Å²) in [5.41, 5.74) is 4.44. The maximum absolute atomic E-state index is 12.4. The van der Waals surface area contributed by atoms with Crippen molar-refractivity contribution in [3.63, 3.8) is 0 Å². The van der Waals surface area contributed by atoms with Crippen LogP contribution in [0.5, 0.6) is 5.75 Å². The summed E-state index contributed by atoms with van der Waals surface area (Å²) in [6.45, 7) is 0.228. The average molecular weight is 249 g/mol. The van der Waals surface area contributed by atoms with Crippen LogP contribution in [0, 0.1) is 0 Å². The molecule has 17 heavy (non-hydrogen) atoms. The van der Waals surface area contributed by atoms with Crippen molar-refractivity contribution in [3.8, 4) is 5.75 Å². The first-order valence-electron chi connectivity index (χ1n) is 5.11. The molecule has 1 atom stereocenters.